The largest absolute Gasteiger partial charge is 0.506 e. The fourth-order valence-corrected chi connectivity index (χ4v) is 3.28. The van der Waals surface area contributed by atoms with Crippen molar-refractivity contribution in [1.82, 2.24) is 5.32 Å². The van der Waals surface area contributed by atoms with Crippen LogP contribution in [0.25, 0.3) is 0 Å². The highest BCUT2D eigenvalue weighted by Crippen LogP contribution is 2.28. The Bertz CT molecular complexity index is 821. The van der Waals surface area contributed by atoms with E-state index in [9.17, 15) is 15.0 Å². The second kappa shape index (κ2) is 8.33. The SMILES string of the molecule is COc1ccc(C[C@@H](C)NC[C@H](O)C2=CC=C(O)C3=NC(=O)C=CC23)cc1. The van der Waals surface area contributed by atoms with Gasteiger partial charge in [0.2, 0.25) is 0 Å². The number of benzene rings is 1. The molecule has 6 nitrogen and oxygen atoms in total. The Hall–Kier alpha value is -2.70. The van der Waals surface area contributed by atoms with Gasteiger partial charge < -0.3 is 20.3 Å². The van der Waals surface area contributed by atoms with Gasteiger partial charge in [-0.25, -0.2) is 4.99 Å². The predicted octanol–water partition coefficient (Wildman–Crippen LogP) is 2.11. The summed E-state index contributed by atoms with van der Waals surface area (Å²) >= 11 is 0. The Labute approximate surface area is 158 Å². The van der Waals surface area contributed by atoms with Gasteiger partial charge in [-0.3, -0.25) is 4.79 Å². The number of aliphatic hydroxyl groups is 2. The lowest BCUT2D eigenvalue weighted by Gasteiger charge is -2.28. The molecule has 27 heavy (non-hydrogen) atoms. The number of allylic oxidation sites excluding steroid dienone is 4. The number of nitrogens with zero attached hydrogens (tertiary/aromatic N) is 1. The van der Waals surface area contributed by atoms with Crippen LogP contribution in [0, 0.1) is 5.92 Å². The molecule has 1 aromatic rings. The highest BCUT2D eigenvalue weighted by Gasteiger charge is 2.31. The minimum Gasteiger partial charge on any atom is -0.506 e. The van der Waals surface area contributed by atoms with Crippen LogP contribution in [0.4, 0.5) is 0 Å². The number of hydrogen-bond acceptors (Lipinski definition) is 5. The van der Waals surface area contributed by atoms with Gasteiger partial charge in [0.25, 0.3) is 5.91 Å². The smallest absolute Gasteiger partial charge is 0.269 e. The highest BCUT2D eigenvalue weighted by atomic mass is 16.5. The molecule has 0 saturated carbocycles. The summed E-state index contributed by atoms with van der Waals surface area (Å²) in [4.78, 5) is 15.3. The zero-order valence-electron chi connectivity index (χ0n) is 15.4. The van der Waals surface area contributed by atoms with Crippen molar-refractivity contribution in [1.29, 1.82) is 0 Å². The molecule has 0 aromatic heterocycles. The second-order valence-electron chi connectivity index (χ2n) is 6.77. The van der Waals surface area contributed by atoms with Crippen molar-refractivity contribution >= 4 is 11.6 Å². The van der Waals surface area contributed by atoms with Crippen LogP contribution >= 0.6 is 0 Å². The van der Waals surface area contributed by atoms with Gasteiger partial charge in [0.15, 0.2) is 0 Å². The summed E-state index contributed by atoms with van der Waals surface area (Å²) in [5, 5.41) is 23.9. The summed E-state index contributed by atoms with van der Waals surface area (Å²) in [5.41, 5.74) is 2.18. The molecule has 6 heteroatoms. The number of aliphatic hydroxyl groups excluding tert-OH is 2. The maximum Gasteiger partial charge on any atom is 0.269 e. The van der Waals surface area contributed by atoms with Gasteiger partial charge in [0.1, 0.15) is 11.5 Å². The lowest BCUT2D eigenvalue weighted by Crippen LogP contribution is -2.39. The van der Waals surface area contributed by atoms with E-state index >= 15 is 0 Å². The first-order valence-corrected chi connectivity index (χ1v) is 8.94. The van der Waals surface area contributed by atoms with Crippen LogP contribution in [-0.4, -0.2) is 47.6 Å². The molecule has 0 radical (unpaired) electrons. The molecule has 2 aliphatic rings. The summed E-state index contributed by atoms with van der Waals surface area (Å²) in [6.07, 6.45) is 6.28. The van der Waals surface area contributed by atoms with E-state index in [1.54, 1.807) is 19.3 Å². The number of carbonyl (C=O) groups is 1. The predicted molar refractivity (Wildman–Crippen MR) is 104 cm³/mol. The van der Waals surface area contributed by atoms with Crippen molar-refractivity contribution in [2.75, 3.05) is 13.7 Å². The van der Waals surface area contributed by atoms with Crippen molar-refractivity contribution in [2.24, 2.45) is 10.9 Å². The van der Waals surface area contributed by atoms with E-state index in [1.165, 1.54) is 17.7 Å². The van der Waals surface area contributed by atoms with Crippen LogP contribution in [0.15, 0.2) is 64.9 Å². The topological polar surface area (TPSA) is 91.2 Å². The third-order valence-electron chi connectivity index (χ3n) is 4.76. The normalized spacial score (nSPS) is 20.9. The van der Waals surface area contributed by atoms with E-state index in [2.05, 4.69) is 17.2 Å². The molecule has 1 unspecified atom stereocenters. The molecule has 1 aliphatic carbocycles. The number of amides is 1. The van der Waals surface area contributed by atoms with E-state index < -0.39 is 12.0 Å². The Morgan fingerprint density at radius 1 is 1.26 bits per heavy atom. The minimum atomic E-state index is -0.749. The van der Waals surface area contributed by atoms with Crippen LogP contribution in [-0.2, 0) is 11.2 Å². The van der Waals surface area contributed by atoms with Crippen LogP contribution in [0.1, 0.15) is 12.5 Å². The average Bonchev–Trinajstić information content (AvgIpc) is 2.67. The van der Waals surface area contributed by atoms with E-state index in [0.29, 0.717) is 17.8 Å². The summed E-state index contributed by atoms with van der Waals surface area (Å²) in [7, 11) is 1.64. The van der Waals surface area contributed by atoms with Gasteiger partial charge in [-0.2, -0.15) is 0 Å². The first-order chi connectivity index (χ1) is 13.0. The zero-order chi connectivity index (χ0) is 19.4. The van der Waals surface area contributed by atoms with Crippen LogP contribution < -0.4 is 10.1 Å². The number of rotatable bonds is 7. The third-order valence-corrected chi connectivity index (χ3v) is 4.76. The first-order valence-electron chi connectivity index (χ1n) is 8.94. The number of methoxy groups -OCH3 is 1. The lowest BCUT2D eigenvalue weighted by atomic mass is 9.83. The molecular weight excluding hydrogens is 344 g/mol. The third kappa shape index (κ3) is 4.53. The van der Waals surface area contributed by atoms with Gasteiger partial charge in [-0.1, -0.05) is 24.3 Å². The van der Waals surface area contributed by atoms with E-state index in [4.69, 9.17) is 4.74 Å². The highest BCUT2D eigenvalue weighted by molar-refractivity contribution is 6.13. The zero-order valence-corrected chi connectivity index (χ0v) is 15.4. The number of fused-ring (bicyclic) bond motifs is 1. The second-order valence-corrected chi connectivity index (χ2v) is 6.77. The average molecular weight is 368 g/mol. The fraction of sp³-hybridized carbons (Fsp3) is 0.333. The van der Waals surface area contributed by atoms with Crippen molar-refractivity contribution in [3.8, 4) is 5.75 Å². The summed E-state index contributed by atoms with van der Waals surface area (Å²) in [6, 6.07) is 8.08. The molecule has 0 bridgehead atoms. The minimum absolute atomic E-state index is 0.0329. The van der Waals surface area contributed by atoms with Gasteiger partial charge in [-0.05, 0) is 42.7 Å². The maximum absolute atomic E-state index is 11.5. The standard InChI is InChI=1S/C21H24N2O4/c1-13(11-14-3-5-15(27-2)6-4-14)22-12-19(25)16-7-9-18(24)21-17(16)8-10-20(26)23-21/h3-10,13,17,19,22,24-25H,11-12H2,1-2H3/t13-,17?,19+/m1/s1. The van der Waals surface area contributed by atoms with E-state index in [-0.39, 0.29) is 17.7 Å². The molecule has 3 atom stereocenters. The monoisotopic (exact) mass is 368 g/mol. The molecule has 1 aromatic carbocycles. The molecule has 3 rings (SSSR count). The molecule has 1 heterocycles. The number of hydrogen-bond donors (Lipinski definition) is 3. The molecule has 3 N–H and O–H groups in total. The molecule has 0 saturated heterocycles. The summed E-state index contributed by atoms with van der Waals surface area (Å²) in [5.74, 6) is 0.0193. The lowest BCUT2D eigenvalue weighted by molar-refractivity contribution is -0.113. The quantitative estimate of drug-likeness (QED) is 0.686. The Kier molecular flexibility index (Phi) is 5.88. The molecule has 142 valence electrons. The van der Waals surface area contributed by atoms with E-state index in [1.807, 2.05) is 24.3 Å². The molecule has 0 fully saturated rings. The number of aliphatic imine (C=N–C) groups is 1. The summed E-state index contributed by atoms with van der Waals surface area (Å²) in [6.45, 7) is 2.42. The fourth-order valence-electron chi connectivity index (χ4n) is 3.28. The number of ether oxygens (including phenoxy) is 1. The maximum atomic E-state index is 11.5. The van der Waals surface area contributed by atoms with Crippen LogP contribution in [0.3, 0.4) is 0 Å². The Balaban J connectivity index is 1.58. The molecule has 0 spiro atoms. The molecular formula is C21H24N2O4. The van der Waals surface area contributed by atoms with Crippen molar-refractivity contribution < 1.29 is 19.7 Å². The number of carbonyl (C=O) groups excluding carboxylic acids is 1. The van der Waals surface area contributed by atoms with Crippen molar-refractivity contribution in [3.63, 3.8) is 0 Å². The van der Waals surface area contributed by atoms with Gasteiger partial charge in [-0.15, -0.1) is 0 Å². The van der Waals surface area contributed by atoms with E-state index in [0.717, 1.165) is 12.2 Å². The Morgan fingerprint density at radius 2 is 2.00 bits per heavy atom. The molecule has 1 aliphatic heterocycles. The van der Waals surface area contributed by atoms with Gasteiger partial charge in [0.05, 0.1) is 18.9 Å². The first kappa shape index (κ1) is 19.1. The van der Waals surface area contributed by atoms with Crippen LogP contribution in [0.5, 0.6) is 5.75 Å². The van der Waals surface area contributed by atoms with Crippen molar-refractivity contribution in [2.45, 2.75) is 25.5 Å². The van der Waals surface area contributed by atoms with Gasteiger partial charge in [0, 0.05) is 24.6 Å². The number of nitrogens with one attached hydrogen (secondary N) is 1. The van der Waals surface area contributed by atoms with Crippen molar-refractivity contribution in [3.05, 3.63) is 65.5 Å². The van der Waals surface area contributed by atoms with Gasteiger partial charge >= 0.3 is 0 Å². The Morgan fingerprint density at radius 3 is 2.70 bits per heavy atom. The van der Waals surface area contributed by atoms with Crippen LogP contribution in [0.2, 0.25) is 0 Å². The molecule has 1 amide bonds. The summed E-state index contributed by atoms with van der Waals surface area (Å²) < 4.78 is 5.16. The number of dihydropyridines is 1.